The summed E-state index contributed by atoms with van der Waals surface area (Å²) in [7, 11) is 0. The van der Waals surface area contributed by atoms with Crippen molar-refractivity contribution in [1.29, 1.82) is 0 Å². The standard InChI is InChI=1S/C31H56N6OS/c1-2-3-18-38-19-9-8-14-32-17-20-39-27-21-25-23-35-30-12-6-4-10-28(30)33-15-16-34-29-11-5-7-13-31(29)36-24-26(22-27)37-25/h21-22,28-36H,2-20,23-24H2,1H3/t28-,29-,30-,31-/m1/s1. The van der Waals surface area contributed by atoms with E-state index in [1.807, 2.05) is 11.8 Å². The molecule has 1 aromatic rings. The van der Waals surface area contributed by atoms with E-state index < -0.39 is 0 Å². The van der Waals surface area contributed by atoms with Crippen LogP contribution in [0, 0.1) is 0 Å². The van der Waals surface area contributed by atoms with Gasteiger partial charge in [-0.25, -0.2) is 0 Å². The number of nitrogens with one attached hydrogen (secondary N) is 5. The van der Waals surface area contributed by atoms with Gasteiger partial charge >= 0.3 is 0 Å². The van der Waals surface area contributed by atoms with Gasteiger partial charge in [0.05, 0.1) is 11.4 Å². The fraction of sp³-hybridized carbons (Fsp3) is 0.839. The van der Waals surface area contributed by atoms with Crippen molar-refractivity contribution in [3.05, 3.63) is 23.5 Å². The Morgan fingerprint density at radius 1 is 0.769 bits per heavy atom. The van der Waals surface area contributed by atoms with E-state index in [-0.39, 0.29) is 0 Å². The summed E-state index contributed by atoms with van der Waals surface area (Å²) in [5.41, 5.74) is 2.37. The van der Waals surface area contributed by atoms with Gasteiger partial charge < -0.3 is 31.3 Å². The van der Waals surface area contributed by atoms with Crippen LogP contribution in [-0.4, -0.2) is 74.3 Å². The molecule has 2 saturated carbocycles. The molecule has 4 atom stereocenters. The van der Waals surface area contributed by atoms with Crippen molar-refractivity contribution in [1.82, 2.24) is 31.6 Å². The molecule has 2 bridgehead atoms. The van der Waals surface area contributed by atoms with Crippen LogP contribution < -0.4 is 26.6 Å². The molecule has 0 spiro atoms. The molecule has 8 heteroatoms. The van der Waals surface area contributed by atoms with E-state index in [2.05, 4.69) is 45.6 Å². The van der Waals surface area contributed by atoms with Gasteiger partial charge in [-0.05, 0) is 63.6 Å². The van der Waals surface area contributed by atoms with E-state index in [0.29, 0.717) is 24.2 Å². The highest BCUT2D eigenvalue weighted by Gasteiger charge is 2.26. The summed E-state index contributed by atoms with van der Waals surface area (Å²) in [6, 6.07) is 6.85. The third kappa shape index (κ3) is 11.6. The van der Waals surface area contributed by atoms with Crippen molar-refractivity contribution >= 4 is 11.8 Å². The summed E-state index contributed by atoms with van der Waals surface area (Å²) >= 11 is 1.96. The number of hydrogen-bond donors (Lipinski definition) is 5. The Morgan fingerprint density at radius 2 is 1.33 bits per heavy atom. The summed E-state index contributed by atoms with van der Waals surface area (Å²) in [6.45, 7) is 9.96. The van der Waals surface area contributed by atoms with Crippen LogP contribution in [0.2, 0.25) is 0 Å². The largest absolute Gasteiger partial charge is 0.381 e. The zero-order chi connectivity index (χ0) is 27.0. The Balaban J connectivity index is 1.29. The average Bonchev–Trinajstić information content (AvgIpc) is 2.97. The highest BCUT2D eigenvalue weighted by atomic mass is 32.2. The number of rotatable bonds is 12. The van der Waals surface area contributed by atoms with Crippen molar-refractivity contribution < 1.29 is 4.74 Å². The van der Waals surface area contributed by atoms with Gasteiger partial charge in [0.25, 0.3) is 0 Å². The maximum absolute atomic E-state index is 5.67. The number of nitrogens with zero attached hydrogens (tertiary/aromatic N) is 1. The molecule has 222 valence electrons. The van der Waals surface area contributed by atoms with Crippen molar-refractivity contribution in [2.75, 3.05) is 45.1 Å². The lowest BCUT2D eigenvalue weighted by Gasteiger charge is -2.34. The topological polar surface area (TPSA) is 82.3 Å². The van der Waals surface area contributed by atoms with E-state index in [0.717, 1.165) is 64.7 Å². The molecule has 2 heterocycles. The lowest BCUT2D eigenvalue weighted by molar-refractivity contribution is 0.127. The summed E-state index contributed by atoms with van der Waals surface area (Å²) in [4.78, 5) is 6.47. The third-order valence-corrected chi connectivity index (χ3v) is 9.52. The van der Waals surface area contributed by atoms with E-state index in [1.165, 1.54) is 86.9 Å². The van der Waals surface area contributed by atoms with E-state index >= 15 is 0 Å². The second-order valence-corrected chi connectivity index (χ2v) is 12.9. The van der Waals surface area contributed by atoms with Gasteiger partial charge in [-0.15, -0.1) is 11.8 Å². The number of hydrogen-bond acceptors (Lipinski definition) is 8. The van der Waals surface area contributed by atoms with Crippen molar-refractivity contribution in [3.63, 3.8) is 0 Å². The molecular weight excluding hydrogens is 504 g/mol. The smallest absolute Gasteiger partial charge is 0.0556 e. The Labute approximate surface area is 242 Å². The molecule has 39 heavy (non-hydrogen) atoms. The van der Waals surface area contributed by atoms with Crippen LogP contribution in [0.1, 0.15) is 95.4 Å². The molecule has 1 aliphatic heterocycles. The van der Waals surface area contributed by atoms with Gasteiger partial charge in [-0.2, -0.15) is 0 Å². The minimum Gasteiger partial charge on any atom is -0.381 e. The van der Waals surface area contributed by atoms with Crippen LogP contribution in [0.3, 0.4) is 0 Å². The van der Waals surface area contributed by atoms with E-state index in [1.54, 1.807) is 0 Å². The highest BCUT2D eigenvalue weighted by Crippen LogP contribution is 2.23. The molecule has 0 unspecified atom stereocenters. The monoisotopic (exact) mass is 560 g/mol. The molecule has 2 fully saturated rings. The highest BCUT2D eigenvalue weighted by molar-refractivity contribution is 7.99. The Morgan fingerprint density at radius 3 is 1.92 bits per heavy atom. The molecule has 0 amide bonds. The van der Waals surface area contributed by atoms with Gasteiger partial charge in [0, 0.05) is 80.8 Å². The first-order valence-corrected chi connectivity index (χ1v) is 17.1. The third-order valence-electron chi connectivity index (χ3n) is 8.55. The number of unbranched alkanes of at least 4 members (excludes halogenated alkanes) is 2. The second kappa shape index (κ2) is 18.6. The van der Waals surface area contributed by atoms with Crippen LogP contribution in [0.4, 0.5) is 0 Å². The van der Waals surface area contributed by atoms with Crippen molar-refractivity contribution in [3.8, 4) is 0 Å². The van der Waals surface area contributed by atoms with E-state index in [4.69, 9.17) is 9.72 Å². The van der Waals surface area contributed by atoms with Gasteiger partial charge in [-0.1, -0.05) is 39.0 Å². The lowest BCUT2D eigenvalue weighted by atomic mass is 9.89. The van der Waals surface area contributed by atoms with Crippen LogP contribution in [0.25, 0.3) is 0 Å². The van der Waals surface area contributed by atoms with Gasteiger partial charge in [0.2, 0.25) is 0 Å². The molecule has 7 nitrogen and oxygen atoms in total. The molecule has 1 aromatic heterocycles. The zero-order valence-corrected chi connectivity index (χ0v) is 25.4. The number of aromatic nitrogens is 1. The predicted octanol–water partition coefficient (Wildman–Crippen LogP) is 4.35. The molecule has 3 aliphatic rings. The van der Waals surface area contributed by atoms with Gasteiger partial charge in [0.15, 0.2) is 0 Å². The van der Waals surface area contributed by atoms with Crippen molar-refractivity contribution in [2.24, 2.45) is 0 Å². The molecule has 0 aromatic carbocycles. The summed E-state index contributed by atoms with van der Waals surface area (Å²) in [5, 5.41) is 19.2. The minimum absolute atomic E-state index is 0.534. The normalized spacial score (nSPS) is 26.7. The maximum atomic E-state index is 5.67. The SMILES string of the molecule is CCCCOCCCCNCCSc1cc2nc(c1)CN[C@@H]1CCCC[C@H]1NCCN[C@@H]1CCCC[C@H]1NC2. The summed E-state index contributed by atoms with van der Waals surface area (Å²) < 4.78 is 5.67. The minimum atomic E-state index is 0.534. The summed E-state index contributed by atoms with van der Waals surface area (Å²) in [5.74, 6) is 1.08. The number of pyridine rings is 1. The predicted molar refractivity (Wildman–Crippen MR) is 165 cm³/mol. The number of ether oxygens (including phenoxy) is 1. The molecular formula is C31H56N6OS. The van der Waals surface area contributed by atoms with Crippen molar-refractivity contribution in [2.45, 2.75) is 126 Å². The zero-order valence-electron chi connectivity index (χ0n) is 24.6. The first kappa shape index (κ1) is 31.2. The Hall–Kier alpha value is -0.740. The fourth-order valence-electron chi connectivity index (χ4n) is 6.28. The summed E-state index contributed by atoms with van der Waals surface area (Å²) in [6.07, 6.45) is 15.1. The second-order valence-electron chi connectivity index (χ2n) is 11.7. The molecule has 0 saturated heterocycles. The quantitative estimate of drug-likeness (QED) is 0.191. The number of thioether (sulfide) groups is 1. The van der Waals surface area contributed by atoms with Gasteiger partial charge in [0.1, 0.15) is 0 Å². The van der Waals surface area contributed by atoms with Crippen LogP contribution in [0.15, 0.2) is 17.0 Å². The molecule has 5 N–H and O–H groups in total. The molecule has 0 radical (unpaired) electrons. The Kier molecular flexibility index (Phi) is 14.9. The lowest BCUT2D eigenvalue weighted by Crippen LogP contribution is -2.53. The average molecular weight is 561 g/mol. The van der Waals surface area contributed by atoms with E-state index in [9.17, 15) is 0 Å². The number of fused-ring (bicyclic) bond motifs is 4. The first-order chi connectivity index (χ1) is 19.3. The van der Waals surface area contributed by atoms with Gasteiger partial charge in [-0.3, -0.25) is 4.98 Å². The van der Waals surface area contributed by atoms with Crippen LogP contribution in [-0.2, 0) is 17.8 Å². The van der Waals surface area contributed by atoms with Crippen LogP contribution >= 0.6 is 11.8 Å². The molecule has 4 rings (SSSR count). The first-order valence-electron chi connectivity index (χ1n) is 16.2. The Bertz CT molecular complexity index is 750. The maximum Gasteiger partial charge on any atom is 0.0556 e. The van der Waals surface area contributed by atoms with Crippen LogP contribution in [0.5, 0.6) is 0 Å². The fourth-order valence-corrected chi connectivity index (χ4v) is 7.20. The molecule has 2 aliphatic carbocycles.